The Hall–Kier alpha value is -5.18. The number of β-amino-alcohol motifs (C(OH)–C–C–N with tert-alkyl or cyclic N) is 1. The number of carbonyl (C=O) groups is 2. The summed E-state index contributed by atoms with van der Waals surface area (Å²) in [5.74, 6) is 0.593. The molecule has 6 aromatic rings. The first-order chi connectivity index (χ1) is 28.9. The number of thiophene rings is 1. The van der Waals surface area contributed by atoms with E-state index in [4.69, 9.17) is 4.52 Å². The number of para-hydroxylation sites is 1. The van der Waals surface area contributed by atoms with Crippen molar-refractivity contribution in [2.24, 2.45) is 11.3 Å². The molecule has 3 fully saturated rings. The van der Waals surface area contributed by atoms with Gasteiger partial charge in [0.25, 0.3) is 0 Å². The quantitative estimate of drug-likeness (QED) is 0.122. The van der Waals surface area contributed by atoms with Gasteiger partial charge in [-0.15, -0.1) is 32.9 Å². The molecule has 9 rings (SSSR count). The number of carbonyl (C=O) groups excluding carboxylic acids is 2. The van der Waals surface area contributed by atoms with Crippen LogP contribution in [0.4, 0.5) is 5.82 Å². The van der Waals surface area contributed by atoms with Crippen LogP contribution in [0.5, 0.6) is 5.75 Å². The molecular formula is C46H51N7O5S2. The third kappa shape index (κ3) is 7.47. The summed E-state index contributed by atoms with van der Waals surface area (Å²) in [7, 11) is 0. The van der Waals surface area contributed by atoms with E-state index >= 15 is 0 Å². The monoisotopic (exact) mass is 845 g/mol. The summed E-state index contributed by atoms with van der Waals surface area (Å²) >= 11 is 3.34. The van der Waals surface area contributed by atoms with Crippen molar-refractivity contribution in [1.29, 1.82) is 0 Å². The molecule has 6 heterocycles. The lowest BCUT2D eigenvalue weighted by atomic mass is 9.57. The number of fused-ring (bicyclic) bond motifs is 1. The summed E-state index contributed by atoms with van der Waals surface area (Å²) in [4.78, 5) is 39.7. The van der Waals surface area contributed by atoms with Crippen molar-refractivity contribution in [3.05, 3.63) is 93.6 Å². The number of rotatable bonds is 10. The first kappa shape index (κ1) is 40.2. The molecule has 2 aromatic carbocycles. The summed E-state index contributed by atoms with van der Waals surface area (Å²) in [5.41, 5.74) is 7.77. The summed E-state index contributed by atoms with van der Waals surface area (Å²) in [6, 6.07) is 18.2. The Morgan fingerprint density at radius 3 is 2.45 bits per heavy atom. The smallest absolute Gasteiger partial charge is 0.243 e. The van der Waals surface area contributed by atoms with Gasteiger partial charge in [0.05, 0.1) is 33.9 Å². The molecule has 0 radical (unpaired) electrons. The van der Waals surface area contributed by atoms with Gasteiger partial charge in [-0.25, -0.2) is 4.98 Å². The second kappa shape index (κ2) is 16.0. The minimum atomic E-state index is -0.800. The summed E-state index contributed by atoms with van der Waals surface area (Å²) in [6.07, 6.45) is 3.75. The zero-order valence-electron chi connectivity index (χ0n) is 34.6. The summed E-state index contributed by atoms with van der Waals surface area (Å²) in [6.45, 7) is 11.8. The van der Waals surface area contributed by atoms with Crippen LogP contribution >= 0.6 is 22.7 Å². The molecule has 3 N–H and O–H groups in total. The molecule has 2 amide bonds. The lowest BCUT2D eigenvalue weighted by Crippen LogP contribution is -2.48. The molecule has 312 valence electrons. The average molecular weight is 846 g/mol. The molecule has 14 heteroatoms. The highest BCUT2D eigenvalue weighted by Gasteiger charge is 2.48. The number of anilines is 1. The van der Waals surface area contributed by atoms with E-state index in [2.05, 4.69) is 43.5 Å². The highest BCUT2D eigenvalue weighted by molar-refractivity contribution is 7.19. The van der Waals surface area contributed by atoms with Crippen LogP contribution in [0.3, 0.4) is 0 Å². The number of amides is 2. The number of benzene rings is 2. The number of aliphatic hydroxyl groups is 1. The van der Waals surface area contributed by atoms with Gasteiger partial charge in [-0.2, -0.15) is 0 Å². The number of hydrogen-bond acceptors (Lipinski definition) is 12. The molecule has 1 saturated carbocycles. The second-order valence-electron chi connectivity index (χ2n) is 17.5. The number of nitrogens with one attached hydrogen (secondary N) is 1. The van der Waals surface area contributed by atoms with Gasteiger partial charge in [0, 0.05) is 47.9 Å². The Balaban J connectivity index is 0.821. The van der Waals surface area contributed by atoms with E-state index in [1.165, 1.54) is 15.3 Å². The number of likely N-dealkylation sites (tertiary alicyclic amines) is 1. The maximum Gasteiger partial charge on any atom is 0.243 e. The Kier molecular flexibility index (Phi) is 10.7. The molecule has 60 heavy (non-hydrogen) atoms. The molecule has 4 aromatic heterocycles. The van der Waals surface area contributed by atoms with Crippen molar-refractivity contribution in [2.45, 2.75) is 96.7 Å². The first-order valence-corrected chi connectivity index (χ1v) is 22.6. The van der Waals surface area contributed by atoms with Crippen LogP contribution < -0.4 is 10.2 Å². The lowest BCUT2D eigenvalue weighted by molar-refractivity contribution is -0.141. The third-order valence-electron chi connectivity index (χ3n) is 13.2. The lowest BCUT2D eigenvalue weighted by Gasteiger charge is -2.52. The van der Waals surface area contributed by atoms with Crippen LogP contribution in [0.15, 0.2) is 70.7 Å². The third-order valence-corrected chi connectivity index (χ3v) is 15.5. The average Bonchev–Trinajstić information content (AvgIpc) is 4.04. The second-order valence-corrected chi connectivity index (χ2v) is 19.4. The van der Waals surface area contributed by atoms with Crippen molar-refractivity contribution >= 4 is 50.5 Å². The SMILES string of the molecule is Cc1ncsc1-c1ccc([C@H](C)NC(=O)[C@@H]2C[C@@H](O)CN2C(=O)[C@@H](c2cc(N3CCC4(CC3)CC(c3sc5nnc(-c6ccccc6O)cc5c3C)C4)no2)C(C)C)cc1. The van der Waals surface area contributed by atoms with Crippen LogP contribution in [0.25, 0.3) is 31.9 Å². The molecule has 0 unspecified atom stereocenters. The Labute approximate surface area is 357 Å². The van der Waals surface area contributed by atoms with E-state index in [0.29, 0.717) is 22.9 Å². The maximum absolute atomic E-state index is 14.3. The van der Waals surface area contributed by atoms with E-state index in [-0.39, 0.29) is 47.9 Å². The standard InChI is InChI=1S/C46H51N7O5S2/c1-25(2)40(45(57)53-23-32(54)18-36(53)43(56)48-27(4)29-10-12-30(13-11-29)42-28(5)47-24-59-42)38-20-39(51-58-38)52-16-14-46(15-17-52)21-31(22-46)41-26(3)34-19-35(49-50-44(34)60-41)33-8-6-7-9-37(33)55/h6-13,19-20,24-25,27,31-32,36,40,54-55H,14-18,21-23H2,1-5H3,(H,48,56)/t27-,32+,36-,40+/m0/s1. The fourth-order valence-electron chi connectivity index (χ4n) is 9.73. The van der Waals surface area contributed by atoms with Gasteiger partial charge in [0.1, 0.15) is 22.5 Å². The zero-order valence-corrected chi connectivity index (χ0v) is 36.2. The van der Waals surface area contributed by atoms with Crippen LogP contribution in [-0.4, -0.2) is 79.0 Å². The van der Waals surface area contributed by atoms with Crippen molar-refractivity contribution < 1.29 is 24.3 Å². The predicted molar refractivity (Wildman–Crippen MR) is 234 cm³/mol. The molecule has 2 saturated heterocycles. The molecule has 2 aliphatic heterocycles. The van der Waals surface area contributed by atoms with E-state index in [9.17, 15) is 19.8 Å². The van der Waals surface area contributed by atoms with Crippen LogP contribution in [-0.2, 0) is 9.59 Å². The Bertz CT molecular complexity index is 2530. The van der Waals surface area contributed by atoms with Gasteiger partial charge in [0.15, 0.2) is 11.6 Å². The molecule has 0 bridgehead atoms. The van der Waals surface area contributed by atoms with Crippen molar-refractivity contribution in [3.8, 4) is 27.4 Å². The van der Waals surface area contributed by atoms with E-state index in [1.54, 1.807) is 34.8 Å². The minimum Gasteiger partial charge on any atom is -0.507 e. The van der Waals surface area contributed by atoms with Gasteiger partial charge < -0.3 is 29.9 Å². The number of aromatic hydroxyl groups is 1. The highest BCUT2D eigenvalue weighted by Crippen LogP contribution is 2.59. The zero-order chi connectivity index (χ0) is 41.9. The number of hydrogen-bond donors (Lipinski definition) is 3. The molecule has 1 spiro atoms. The highest BCUT2D eigenvalue weighted by atomic mass is 32.1. The number of aryl methyl sites for hydroxylation is 2. The molecular weight excluding hydrogens is 795 g/mol. The van der Waals surface area contributed by atoms with Crippen LogP contribution in [0.2, 0.25) is 0 Å². The number of aromatic nitrogens is 4. The van der Waals surface area contributed by atoms with E-state index in [1.807, 2.05) is 75.7 Å². The Morgan fingerprint density at radius 1 is 1.00 bits per heavy atom. The number of phenolic OH excluding ortho intramolecular Hbond substituents is 1. The molecule has 1 aliphatic carbocycles. The van der Waals surface area contributed by atoms with Crippen LogP contribution in [0, 0.1) is 25.2 Å². The Morgan fingerprint density at radius 2 is 1.75 bits per heavy atom. The summed E-state index contributed by atoms with van der Waals surface area (Å²) in [5, 5.41) is 38.8. The molecule has 3 aliphatic rings. The van der Waals surface area contributed by atoms with E-state index in [0.717, 1.165) is 76.5 Å². The van der Waals surface area contributed by atoms with Crippen LogP contribution in [0.1, 0.15) is 98.2 Å². The normalized spacial score (nSPS) is 20.2. The van der Waals surface area contributed by atoms with Gasteiger partial charge in [-0.1, -0.05) is 55.4 Å². The number of phenols is 1. The number of piperidine rings is 1. The largest absolute Gasteiger partial charge is 0.507 e. The van der Waals surface area contributed by atoms with Gasteiger partial charge in [-0.3, -0.25) is 9.59 Å². The van der Waals surface area contributed by atoms with Crippen molar-refractivity contribution in [3.63, 3.8) is 0 Å². The summed E-state index contributed by atoms with van der Waals surface area (Å²) < 4.78 is 5.93. The van der Waals surface area contributed by atoms with Crippen molar-refractivity contribution in [1.82, 2.24) is 30.6 Å². The minimum absolute atomic E-state index is 0.0846. The number of nitrogens with zero attached hydrogens (tertiary/aromatic N) is 6. The molecule has 12 nitrogen and oxygen atoms in total. The number of aliphatic hydroxyl groups excluding tert-OH is 1. The first-order valence-electron chi connectivity index (χ1n) is 20.9. The van der Waals surface area contributed by atoms with Gasteiger partial charge in [0.2, 0.25) is 11.8 Å². The topological polar surface area (TPSA) is 158 Å². The predicted octanol–water partition coefficient (Wildman–Crippen LogP) is 8.54. The maximum atomic E-state index is 14.3. The number of thiazole rings is 1. The fourth-order valence-corrected chi connectivity index (χ4v) is 11.7. The van der Waals surface area contributed by atoms with Crippen molar-refractivity contribution in [2.75, 3.05) is 24.5 Å². The molecule has 4 atom stereocenters. The van der Waals surface area contributed by atoms with Gasteiger partial charge in [-0.05, 0) is 98.6 Å². The fraction of sp³-hybridized carbons (Fsp3) is 0.435. The van der Waals surface area contributed by atoms with Gasteiger partial charge >= 0.3 is 0 Å². The van der Waals surface area contributed by atoms with E-state index < -0.39 is 18.1 Å².